The molecule has 1 atom stereocenters. The number of hydrogen-bond acceptors (Lipinski definition) is 4. The highest BCUT2D eigenvalue weighted by molar-refractivity contribution is 5.72. The zero-order chi connectivity index (χ0) is 21.6. The van der Waals surface area contributed by atoms with Crippen molar-refractivity contribution in [2.75, 3.05) is 13.7 Å². The summed E-state index contributed by atoms with van der Waals surface area (Å²) in [7, 11) is 1.71. The van der Waals surface area contributed by atoms with Crippen molar-refractivity contribution < 1.29 is 9.53 Å². The van der Waals surface area contributed by atoms with E-state index in [4.69, 9.17) is 4.74 Å². The van der Waals surface area contributed by atoms with Gasteiger partial charge in [0, 0.05) is 31.3 Å². The molecular weight excluding hydrogens is 386 g/mol. The molecule has 1 aromatic heterocycles. The summed E-state index contributed by atoms with van der Waals surface area (Å²) >= 11 is 0. The minimum absolute atomic E-state index is 0.0374. The number of hydrogen-bond donors (Lipinski definition) is 1. The number of carbonyl (C=O) groups is 1. The van der Waals surface area contributed by atoms with Gasteiger partial charge in [0.05, 0.1) is 19.3 Å². The molecule has 5 nitrogen and oxygen atoms in total. The maximum Gasteiger partial charge on any atom is 0.217 e. The minimum Gasteiger partial charge on any atom is -0.496 e. The van der Waals surface area contributed by atoms with Crippen LogP contribution < -0.4 is 10.1 Å². The van der Waals surface area contributed by atoms with Gasteiger partial charge in [-0.15, -0.1) is 0 Å². The van der Waals surface area contributed by atoms with Crippen LogP contribution >= 0.6 is 0 Å². The summed E-state index contributed by atoms with van der Waals surface area (Å²) in [5.41, 5.74) is 5.75. The van der Waals surface area contributed by atoms with Crippen LogP contribution in [-0.4, -0.2) is 29.4 Å². The monoisotopic (exact) mass is 415 g/mol. The van der Waals surface area contributed by atoms with Gasteiger partial charge >= 0.3 is 0 Å². The highest BCUT2D eigenvalue weighted by Gasteiger charge is 2.26. The molecule has 4 rings (SSSR count). The molecule has 5 heteroatoms. The number of nitrogens with zero attached hydrogens (tertiary/aromatic N) is 2. The summed E-state index contributed by atoms with van der Waals surface area (Å²) < 4.78 is 5.55. The molecule has 0 spiro atoms. The Morgan fingerprint density at radius 1 is 1.16 bits per heavy atom. The molecule has 0 bridgehead atoms. The van der Waals surface area contributed by atoms with E-state index in [0.29, 0.717) is 12.6 Å². The Morgan fingerprint density at radius 2 is 2.03 bits per heavy atom. The molecule has 2 heterocycles. The van der Waals surface area contributed by atoms with Crippen molar-refractivity contribution in [1.82, 2.24) is 15.2 Å². The van der Waals surface area contributed by atoms with Gasteiger partial charge in [0.25, 0.3) is 0 Å². The summed E-state index contributed by atoms with van der Waals surface area (Å²) in [6.07, 6.45) is 4.17. The first-order chi connectivity index (χ1) is 15.1. The molecule has 3 aromatic rings. The van der Waals surface area contributed by atoms with Gasteiger partial charge in [-0.25, -0.2) is 0 Å². The van der Waals surface area contributed by atoms with Crippen molar-refractivity contribution >= 4 is 5.91 Å². The number of pyridine rings is 1. The average molecular weight is 416 g/mol. The van der Waals surface area contributed by atoms with Crippen LogP contribution in [0.4, 0.5) is 0 Å². The number of benzene rings is 2. The molecule has 0 aliphatic carbocycles. The normalized spacial score (nSPS) is 16.3. The highest BCUT2D eigenvalue weighted by atomic mass is 16.5. The van der Waals surface area contributed by atoms with E-state index in [9.17, 15) is 4.79 Å². The van der Waals surface area contributed by atoms with Crippen LogP contribution in [0, 0.1) is 0 Å². The first-order valence-corrected chi connectivity index (χ1v) is 10.8. The number of aromatic nitrogens is 1. The number of rotatable bonds is 7. The molecule has 0 saturated carbocycles. The minimum atomic E-state index is -0.0374. The van der Waals surface area contributed by atoms with Gasteiger partial charge in [0.1, 0.15) is 5.75 Å². The van der Waals surface area contributed by atoms with Gasteiger partial charge in [-0.2, -0.15) is 0 Å². The number of nitrogens with one attached hydrogen (secondary N) is 1. The molecule has 1 saturated heterocycles. The lowest BCUT2D eigenvalue weighted by molar-refractivity contribution is -0.119. The van der Waals surface area contributed by atoms with Crippen molar-refractivity contribution in [1.29, 1.82) is 0 Å². The van der Waals surface area contributed by atoms with Gasteiger partial charge in [-0.1, -0.05) is 36.4 Å². The third-order valence-electron chi connectivity index (χ3n) is 5.84. The quantitative estimate of drug-likeness (QED) is 0.606. The lowest BCUT2D eigenvalue weighted by Gasteiger charge is -2.25. The Morgan fingerprint density at radius 3 is 2.87 bits per heavy atom. The second-order valence-electron chi connectivity index (χ2n) is 8.02. The maximum absolute atomic E-state index is 11.2. The van der Waals surface area contributed by atoms with Crippen LogP contribution in [0.3, 0.4) is 0 Å². The topological polar surface area (TPSA) is 54.5 Å². The fourth-order valence-corrected chi connectivity index (χ4v) is 4.36. The predicted molar refractivity (Wildman–Crippen MR) is 123 cm³/mol. The summed E-state index contributed by atoms with van der Waals surface area (Å²) in [6.45, 7) is 3.97. The summed E-state index contributed by atoms with van der Waals surface area (Å²) in [6, 6.07) is 21.5. The van der Waals surface area contributed by atoms with Gasteiger partial charge in [0.2, 0.25) is 5.91 Å². The van der Waals surface area contributed by atoms with Crippen LogP contribution in [0.5, 0.6) is 5.75 Å². The summed E-state index contributed by atoms with van der Waals surface area (Å²) in [5.74, 6) is 0.854. The predicted octanol–water partition coefficient (Wildman–Crippen LogP) is 4.73. The Balaban J connectivity index is 1.52. The van der Waals surface area contributed by atoms with Gasteiger partial charge in [-0.05, 0) is 60.3 Å². The number of amides is 1. The Hall–Kier alpha value is -3.18. The molecule has 160 valence electrons. The SMILES string of the molecule is COc1ccccc1-c1cccc(CN2CCCC2c2ccnc(CNC(C)=O)c2)c1. The van der Waals surface area contributed by atoms with Crippen LogP contribution in [-0.2, 0) is 17.9 Å². The number of likely N-dealkylation sites (tertiary alicyclic amines) is 1. The average Bonchev–Trinajstić information content (AvgIpc) is 3.26. The van der Waals surface area contributed by atoms with Crippen molar-refractivity contribution in [2.24, 2.45) is 0 Å². The molecule has 1 N–H and O–H groups in total. The van der Waals surface area contributed by atoms with Gasteiger partial charge in [0.15, 0.2) is 0 Å². The highest BCUT2D eigenvalue weighted by Crippen LogP contribution is 2.35. The molecule has 2 aromatic carbocycles. The Kier molecular flexibility index (Phi) is 6.63. The third-order valence-corrected chi connectivity index (χ3v) is 5.84. The zero-order valence-corrected chi connectivity index (χ0v) is 18.2. The smallest absolute Gasteiger partial charge is 0.217 e. The van der Waals surface area contributed by atoms with Crippen molar-refractivity contribution in [3.63, 3.8) is 0 Å². The van der Waals surface area contributed by atoms with Crippen molar-refractivity contribution in [3.8, 4) is 16.9 Å². The van der Waals surface area contributed by atoms with Crippen LogP contribution in [0.2, 0.25) is 0 Å². The lowest BCUT2D eigenvalue weighted by atomic mass is 10.0. The van der Waals surface area contributed by atoms with Crippen LogP contribution in [0.25, 0.3) is 11.1 Å². The Bertz CT molecular complexity index is 1050. The lowest BCUT2D eigenvalue weighted by Crippen LogP contribution is -2.23. The van der Waals surface area contributed by atoms with Gasteiger partial charge < -0.3 is 10.1 Å². The molecule has 1 aliphatic rings. The second kappa shape index (κ2) is 9.75. The summed E-state index contributed by atoms with van der Waals surface area (Å²) in [4.78, 5) is 18.2. The molecule has 1 amide bonds. The maximum atomic E-state index is 11.2. The van der Waals surface area contributed by atoms with E-state index in [-0.39, 0.29) is 5.91 Å². The molecule has 1 fully saturated rings. The fourth-order valence-electron chi connectivity index (χ4n) is 4.36. The molecule has 1 unspecified atom stereocenters. The molecular formula is C26H29N3O2. The molecule has 0 radical (unpaired) electrons. The third kappa shape index (κ3) is 5.12. The Labute approximate surface area is 184 Å². The van der Waals surface area contributed by atoms with E-state index in [0.717, 1.165) is 36.5 Å². The van der Waals surface area contributed by atoms with Gasteiger partial charge in [-0.3, -0.25) is 14.7 Å². The van der Waals surface area contributed by atoms with Crippen molar-refractivity contribution in [2.45, 2.75) is 38.9 Å². The van der Waals surface area contributed by atoms with E-state index in [1.165, 1.54) is 30.0 Å². The van der Waals surface area contributed by atoms with E-state index in [1.807, 2.05) is 24.4 Å². The van der Waals surface area contributed by atoms with Crippen LogP contribution in [0.15, 0.2) is 66.9 Å². The first kappa shape index (κ1) is 21.1. The van der Waals surface area contributed by atoms with E-state index in [2.05, 4.69) is 57.7 Å². The number of ether oxygens (including phenoxy) is 1. The number of carbonyl (C=O) groups excluding carboxylic acids is 1. The van der Waals surface area contributed by atoms with Crippen molar-refractivity contribution in [3.05, 3.63) is 83.7 Å². The first-order valence-electron chi connectivity index (χ1n) is 10.8. The molecule has 31 heavy (non-hydrogen) atoms. The van der Waals surface area contributed by atoms with E-state index < -0.39 is 0 Å². The largest absolute Gasteiger partial charge is 0.496 e. The van der Waals surface area contributed by atoms with E-state index in [1.54, 1.807) is 7.11 Å². The zero-order valence-electron chi connectivity index (χ0n) is 18.2. The molecule has 1 aliphatic heterocycles. The summed E-state index contributed by atoms with van der Waals surface area (Å²) in [5, 5.41) is 2.84. The number of methoxy groups -OCH3 is 1. The standard InChI is InChI=1S/C26H29N3O2/c1-19(30)28-17-23-16-22(12-13-27-23)25-10-6-14-29(25)18-20-7-5-8-21(15-20)24-9-3-4-11-26(24)31-2/h3-5,7-9,11-13,15-16,25H,6,10,14,17-18H2,1-2H3,(H,28,30). The number of para-hydroxylation sites is 1. The van der Waals surface area contributed by atoms with E-state index >= 15 is 0 Å². The fraction of sp³-hybridized carbons (Fsp3) is 0.308. The second-order valence-corrected chi connectivity index (χ2v) is 8.02. The van der Waals surface area contributed by atoms with Crippen LogP contribution in [0.1, 0.15) is 42.6 Å².